The number of anilines is 1. The van der Waals surface area contributed by atoms with E-state index in [1.54, 1.807) is 7.11 Å². The Morgan fingerprint density at radius 2 is 1.74 bits per heavy atom. The first-order valence-corrected chi connectivity index (χ1v) is 12.8. The fraction of sp³-hybridized carbons (Fsp3) is 0.292. The van der Waals surface area contributed by atoms with Gasteiger partial charge in [-0.25, -0.2) is 0 Å². The first kappa shape index (κ1) is 24.7. The Morgan fingerprint density at radius 1 is 1.03 bits per heavy atom. The van der Waals surface area contributed by atoms with Crippen LogP contribution in [0.25, 0.3) is 5.69 Å². The Labute approximate surface area is 211 Å². The number of aryl methyl sites for hydroxylation is 1. The number of para-hydroxylation sites is 3. The summed E-state index contributed by atoms with van der Waals surface area (Å²) in [5, 5.41) is 21.2. The number of nitrogens with one attached hydrogen (secondary N) is 1. The van der Waals surface area contributed by atoms with Crippen molar-refractivity contribution >= 4 is 34.1 Å². The first-order chi connectivity index (χ1) is 17.0. The molecule has 4 aromatic rings. The molecule has 1 amide bonds. The number of benzene rings is 2. The Bertz CT molecular complexity index is 1280. The van der Waals surface area contributed by atoms with Gasteiger partial charge in [0.25, 0.3) is 0 Å². The number of carbonyl (C=O) groups excluding carboxylic acids is 1. The lowest BCUT2D eigenvalue weighted by Crippen LogP contribution is -2.23. The lowest BCUT2D eigenvalue weighted by atomic mass is 10.3. The third-order valence-corrected chi connectivity index (χ3v) is 7.09. The summed E-state index contributed by atoms with van der Waals surface area (Å²) in [6.45, 7) is 5.72. The standard InChI is InChI=1S/C24H26N6O3S2/c1-5-20-26-28-23(35-20)25-22(31)16(3)34-24-29-27-21(30(24)17-11-7-6-8-12-17)15(2)33-19-14-10-9-13-18(19)32-4/h6-16H,5H2,1-4H3,(H,25,28,31). The molecule has 35 heavy (non-hydrogen) atoms. The average Bonchev–Trinajstić information content (AvgIpc) is 3.51. The molecule has 2 heterocycles. The molecule has 0 saturated heterocycles. The van der Waals surface area contributed by atoms with Crippen LogP contribution in [0.15, 0.2) is 59.8 Å². The number of aromatic nitrogens is 5. The molecule has 182 valence electrons. The second-order valence-electron chi connectivity index (χ2n) is 7.53. The van der Waals surface area contributed by atoms with Crippen molar-refractivity contribution in [3.63, 3.8) is 0 Å². The molecule has 0 aliphatic heterocycles. The molecule has 2 unspecified atom stereocenters. The predicted molar refractivity (Wildman–Crippen MR) is 137 cm³/mol. The number of amides is 1. The first-order valence-electron chi connectivity index (χ1n) is 11.1. The molecule has 0 spiro atoms. The summed E-state index contributed by atoms with van der Waals surface area (Å²) in [5.74, 6) is 1.66. The van der Waals surface area contributed by atoms with Gasteiger partial charge in [0.05, 0.1) is 12.4 Å². The highest BCUT2D eigenvalue weighted by molar-refractivity contribution is 8.00. The van der Waals surface area contributed by atoms with Crippen LogP contribution < -0.4 is 14.8 Å². The van der Waals surface area contributed by atoms with E-state index in [2.05, 4.69) is 25.7 Å². The van der Waals surface area contributed by atoms with E-state index < -0.39 is 11.4 Å². The van der Waals surface area contributed by atoms with Gasteiger partial charge in [-0.15, -0.1) is 20.4 Å². The minimum absolute atomic E-state index is 0.184. The number of carbonyl (C=O) groups is 1. The maximum absolute atomic E-state index is 12.8. The molecular weight excluding hydrogens is 484 g/mol. The summed E-state index contributed by atoms with van der Waals surface area (Å²) in [6, 6.07) is 17.2. The normalized spacial score (nSPS) is 12.7. The van der Waals surface area contributed by atoms with Gasteiger partial charge in [-0.2, -0.15) is 0 Å². The summed E-state index contributed by atoms with van der Waals surface area (Å²) < 4.78 is 13.5. The third-order valence-electron chi connectivity index (χ3n) is 5.06. The number of methoxy groups -OCH3 is 1. The molecule has 2 atom stereocenters. The van der Waals surface area contributed by atoms with Gasteiger partial charge in [-0.1, -0.05) is 60.4 Å². The summed E-state index contributed by atoms with van der Waals surface area (Å²) in [5.41, 5.74) is 0.870. The van der Waals surface area contributed by atoms with Gasteiger partial charge in [0.15, 0.2) is 28.6 Å². The Balaban J connectivity index is 1.58. The van der Waals surface area contributed by atoms with Gasteiger partial charge in [0.1, 0.15) is 5.01 Å². The van der Waals surface area contributed by atoms with Crippen molar-refractivity contribution in [1.29, 1.82) is 0 Å². The van der Waals surface area contributed by atoms with Gasteiger partial charge >= 0.3 is 0 Å². The van der Waals surface area contributed by atoms with Crippen molar-refractivity contribution in [2.24, 2.45) is 0 Å². The molecular formula is C24H26N6O3S2. The number of hydrogen-bond acceptors (Lipinski definition) is 9. The number of hydrogen-bond donors (Lipinski definition) is 1. The zero-order valence-electron chi connectivity index (χ0n) is 19.8. The highest BCUT2D eigenvalue weighted by atomic mass is 32.2. The van der Waals surface area contributed by atoms with E-state index in [1.807, 2.05) is 79.9 Å². The van der Waals surface area contributed by atoms with E-state index in [-0.39, 0.29) is 5.91 Å². The molecule has 0 fully saturated rings. The lowest BCUT2D eigenvalue weighted by Gasteiger charge is -2.18. The second kappa shape index (κ2) is 11.3. The maximum Gasteiger partial charge on any atom is 0.239 e. The van der Waals surface area contributed by atoms with Crippen LogP contribution in [0.1, 0.15) is 37.7 Å². The van der Waals surface area contributed by atoms with Crippen LogP contribution in [-0.4, -0.2) is 43.2 Å². The van der Waals surface area contributed by atoms with Crippen LogP contribution >= 0.6 is 23.1 Å². The van der Waals surface area contributed by atoms with Crippen molar-refractivity contribution < 1.29 is 14.3 Å². The smallest absolute Gasteiger partial charge is 0.239 e. The SMILES string of the molecule is CCc1nnc(NC(=O)C(C)Sc2nnc(C(C)Oc3ccccc3OC)n2-c2ccccc2)s1. The molecule has 2 aromatic carbocycles. The highest BCUT2D eigenvalue weighted by Crippen LogP contribution is 2.33. The van der Waals surface area contributed by atoms with Crippen LogP contribution in [0, 0.1) is 0 Å². The van der Waals surface area contributed by atoms with E-state index in [9.17, 15) is 4.79 Å². The molecule has 11 heteroatoms. The van der Waals surface area contributed by atoms with Crippen LogP contribution in [0.2, 0.25) is 0 Å². The zero-order chi connectivity index (χ0) is 24.8. The fourth-order valence-electron chi connectivity index (χ4n) is 3.27. The summed E-state index contributed by atoms with van der Waals surface area (Å²) in [6.07, 6.45) is 0.335. The van der Waals surface area contributed by atoms with Crippen molar-refractivity contribution in [2.75, 3.05) is 12.4 Å². The highest BCUT2D eigenvalue weighted by Gasteiger charge is 2.25. The molecule has 2 aromatic heterocycles. The molecule has 0 aliphatic carbocycles. The fourth-order valence-corrected chi connectivity index (χ4v) is 4.82. The Morgan fingerprint density at radius 3 is 2.43 bits per heavy atom. The zero-order valence-corrected chi connectivity index (χ0v) is 21.5. The molecule has 0 aliphatic rings. The van der Waals surface area contributed by atoms with Crippen molar-refractivity contribution in [1.82, 2.24) is 25.0 Å². The second-order valence-corrected chi connectivity index (χ2v) is 9.90. The van der Waals surface area contributed by atoms with Crippen LogP contribution in [-0.2, 0) is 11.2 Å². The number of thioether (sulfide) groups is 1. The van der Waals surface area contributed by atoms with E-state index in [0.717, 1.165) is 17.1 Å². The minimum Gasteiger partial charge on any atom is -0.493 e. The molecule has 0 saturated carbocycles. The Kier molecular flexibility index (Phi) is 7.98. The van der Waals surface area contributed by atoms with Crippen LogP contribution in [0.3, 0.4) is 0 Å². The van der Waals surface area contributed by atoms with E-state index in [0.29, 0.717) is 27.6 Å². The Hall–Kier alpha value is -3.44. The molecule has 1 N–H and O–H groups in total. The van der Waals surface area contributed by atoms with Gasteiger partial charge in [0, 0.05) is 5.69 Å². The van der Waals surface area contributed by atoms with Gasteiger partial charge < -0.3 is 9.47 Å². The largest absolute Gasteiger partial charge is 0.493 e. The van der Waals surface area contributed by atoms with Crippen LogP contribution in [0.4, 0.5) is 5.13 Å². The predicted octanol–water partition coefficient (Wildman–Crippen LogP) is 4.95. The monoisotopic (exact) mass is 510 g/mol. The van der Waals surface area contributed by atoms with Gasteiger partial charge in [-0.05, 0) is 44.5 Å². The summed E-state index contributed by atoms with van der Waals surface area (Å²) in [4.78, 5) is 12.8. The summed E-state index contributed by atoms with van der Waals surface area (Å²) in [7, 11) is 1.60. The topological polar surface area (TPSA) is 104 Å². The van der Waals surface area contributed by atoms with E-state index in [4.69, 9.17) is 9.47 Å². The maximum atomic E-state index is 12.8. The molecule has 0 radical (unpaired) electrons. The number of ether oxygens (including phenoxy) is 2. The molecule has 9 nitrogen and oxygen atoms in total. The average molecular weight is 511 g/mol. The number of rotatable bonds is 10. The lowest BCUT2D eigenvalue weighted by molar-refractivity contribution is -0.115. The van der Waals surface area contributed by atoms with Crippen molar-refractivity contribution in [3.05, 3.63) is 65.4 Å². The third kappa shape index (κ3) is 5.80. The molecule has 4 rings (SSSR count). The minimum atomic E-state index is -0.450. The van der Waals surface area contributed by atoms with Crippen LogP contribution in [0.5, 0.6) is 11.5 Å². The van der Waals surface area contributed by atoms with Gasteiger partial charge in [0.2, 0.25) is 11.0 Å². The number of nitrogens with zero attached hydrogens (tertiary/aromatic N) is 5. The van der Waals surface area contributed by atoms with Crippen molar-refractivity contribution in [2.45, 2.75) is 43.7 Å². The van der Waals surface area contributed by atoms with Crippen molar-refractivity contribution in [3.8, 4) is 17.2 Å². The van der Waals surface area contributed by atoms with Gasteiger partial charge in [-0.3, -0.25) is 14.7 Å². The van der Waals surface area contributed by atoms with E-state index >= 15 is 0 Å². The van der Waals surface area contributed by atoms with E-state index in [1.165, 1.54) is 23.1 Å². The quantitative estimate of drug-likeness (QED) is 0.299. The summed E-state index contributed by atoms with van der Waals surface area (Å²) >= 11 is 2.68. The molecule has 0 bridgehead atoms.